The van der Waals surface area contributed by atoms with Crippen LogP contribution in [0.15, 0.2) is 60.0 Å². The summed E-state index contributed by atoms with van der Waals surface area (Å²) >= 11 is 7.33. The molecule has 3 rings (SSSR count). The number of amides is 1. The number of benzene rings is 2. The van der Waals surface area contributed by atoms with Crippen LogP contribution in [0.1, 0.15) is 11.1 Å². The van der Waals surface area contributed by atoms with E-state index >= 15 is 0 Å². The molecule has 2 aromatic carbocycles. The van der Waals surface area contributed by atoms with Gasteiger partial charge >= 0.3 is 0 Å². The zero-order valence-electron chi connectivity index (χ0n) is 13.9. The number of nitriles is 1. The van der Waals surface area contributed by atoms with Gasteiger partial charge in [-0.3, -0.25) is 9.36 Å². The molecule has 3 aromatic rings. The summed E-state index contributed by atoms with van der Waals surface area (Å²) in [5, 5.41) is 12.7. The second kappa shape index (κ2) is 8.09. The fourth-order valence-electron chi connectivity index (χ4n) is 2.38. The SMILES string of the molecule is Cc1cccc(-n2ccnc2SCC(=O)Nc2ccc(C#N)c(Cl)c2)c1. The number of rotatable bonds is 5. The lowest BCUT2D eigenvalue weighted by Gasteiger charge is -2.09. The van der Waals surface area contributed by atoms with Crippen molar-refractivity contribution in [2.75, 3.05) is 11.1 Å². The summed E-state index contributed by atoms with van der Waals surface area (Å²) in [5.74, 6) is 0.0371. The van der Waals surface area contributed by atoms with Crippen molar-refractivity contribution in [1.29, 1.82) is 5.26 Å². The number of hydrogen-bond acceptors (Lipinski definition) is 4. The van der Waals surface area contributed by atoms with Gasteiger partial charge in [0.2, 0.25) is 5.91 Å². The first-order chi connectivity index (χ1) is 12.6. The number of carbonyl (C=O) groups is 1. The first-order valence-electron chi connectivity index (χ1n) is 7.79. The van der Waals surface area contributed by atoms with Gasteiger partial charge < -0.3 is 5.32 Å². The van der Waals surface area contributed by atoms with Gasteiger partial charge in [0, 0.05) is 23.8 Å². The van der Waals surface area contributed by atoms with Gasteiger partial charge in [0.1, 0.15) is 6.07 Å². The molecule has 0 saturated heterocycles. The summed E-state index contributed by atoms with van der Waals surface area (Å²) in [4.78, 5) is 16.5. The fourth-order valence-corrected chi connectivity index (χ4v) is 3.38. The molecule has 0 radical (unpaired) electrons. The molecule has 0 atom stereocenters. The average Bonchev–Trinajstić information content (AvgIpc) is 3.09. The Balaban J connectivity index is 1.65. The van der Waals surface area contributed by atoms with Crippen LogP contribution in [-0.2, 0) is 4.79 Å². The van der Waals surface area contributed by atoms with Crippen molar-refractivity contribution < 1.29 is 4.79 Å². The summed E-state index contributed by atoms with van der Waals surface area (Å²) in [6, 6.07) is 14.9. The Morgan fingerprint density at radius 1 is 1.35 bits per heavy atom. The van der Waals surface area contributed by atoms with Crippen LogP contribution in [0.3, 0.4) is 0 Å². The number of thioether (sulfide) groups is 1. The molecular weight excluding hydrogens is 368 g/mol. The molecule has 1 aromatic heterocycles. The molecule has 0 unspecified atom stereocenters. The molecule has 0 bridgehead atoms. The third-order valence-electron chi connectivity index (χ3n) is 3.59. The van der Waals surface area contributed by atoms with Crippen LogP contribution >= 0.6 is 23.4 Å². The van der Waals surface area contributed by atoms with Crippen molar-refractivity contribution in [2.45, 2.75) is 12.1 Å². The van der Waals surface area contributed by atoms with E-state index in [0.29, 0.717) is 16.3 Å². The van der Waals surface area contributed by atoms with E-state index in [0.717, 1.165) is 16.4 Å². The van der Waals surface area contributed by atoms with E-state index in [9.17, 15) is 4.79 Å². The van der Waals surface area contributed by atoms with Crippen LogP contribution in [0.2, 0.25) is 5.02 Å². The molecule has 0 aliphatic heterocycles. The fraction of sp³-hybridized carbons (Fsp3) is 0.105. The number of aryl methyl sites for hydroxylation is 1. The summed E-state index contributed by atoms with van der Waals surface area (Å²) in [5.41, 5.74) is 3.09. The number of hydrogen-bond donors (Lipinski definition) is 1. The molecular formula is C19H15ClN4OS. The van der Waals surface area contributed by atoms with Crippen LogP contribution in [0.4, 0.5) is 5.69 Å². The minimum Gasteiger partial charge on any atom is -0.325 e. The van der Waals surface area contributed by atoms with Crippen LogP contribution in [0.25, 0.3) is 5.69 Å². The van der Waals surface area contributed by atoms with Gasteiger partial charge in [0.25, 0.3) is 0 Å². The molecule has 1 N–H and O–H groups in total. The van der Waals surface area contributed by atoms with Crippen LogP contribution < -0.4 is 5.32 Å². The van der Waals surface area contributed by atoms with Gasteiger partial charge in [0.05, 0.1) is 16.3 Å². The summed E-state index contributed by atoms with van der Waals surface area (Å²) in [6.07, 6.45) is 3.58. The first kappa shape index (κ1) is 18.1. The second-order valence-corrected chi connectivity index (χ2v) is 6.91. The number of imidazole rings is 1. The minimum absolute atomic E-state index is 0.172. The largest absolute Gasteiger partial charge is 0.325 e. The monoisotopic (exact) mass is 382 g/mol. The van der Waals surface area contributed by atoms with E-state index in [-0.39, 0.29) is 11.7 Å². The third-order valence-corrected chi connectivity index (χ3v) is 4.87. The Hall–Kier alpha value is -2.75. The standard InChI is InChI=1S/C19H15ClN4OS/c1-13-3-2-4-16(9-13)24-8-7-22-19(24)26-12-18(25)23-15-6-5-14(11-21)17(20)10-15/h2-10H,12H2,1H3,(H,23,25). The van der Waals surface area contributed by atoms with Gasteiger partial charge in [-0.15, -0.1) is 0 Å². The zero-order valence-corrected chi connectivity index (χ0v) is 15.5. The lowest BCUT2D eigenvalue weighted by atomic mass is 10.2. The third kappa shape index (κ3) is 4.26. The normalized spacial score (nSPS) is 10.3. The molecule has 0 fully saturated rings. The lowest BCUT2D eigenvalue weighted by molar-refractivity contribution is -0.113. The molecule has 5 nitrogen and oxygen atoms in total. The summed E-state index contributed by atoms with van der Waals surface area (Å²) < 4.78 is 1.95. The predicted octanol–water partition coefficient (Wildman–Crippen LogP) is 4.44. The molecule has 7 heteroatoms. The van der Waals surface area contributed by atoms with Crippen LogP contribution in [0, 0.1) is 18.3 Å². The number of halogens is 1. The van der Waals surface area contributed by atoms with Crippen molar-refractivity contribution in [2.24, 2.45) is 0 Å². The average molecular weight is 383 g/mol. The Morgan fingerprint density at radius 3 is 2.92 bits per heavy atom. The van der Waals surface area contributed by atoms with Crippen molar-refractivity contribution in [3.8, 4) is 11.8 Å². The van der Waals surface area contributed by atoms with Crippen molar-refractivity contribution in [1.82, 2.24) is 9.55 Å². The highest BCUT2D eigenvalue weighted by Crippen LogP contribution is 2.23. The van der Waals surface area contributed by atoms with Crippen molar-refractivity contribution in [3.05, 3.63) is 71.0 Å². The maximum absolute atomic E-state index is 12.2. The van der Waals surface area contributed by atoms with Gasteiger partial charge in [0.15, 0.2) is 5.16 Å². The molecule has 1 heterocycles. The van der Waals surface area contributed by atoms with E-state index in [1.165, 1.54) is 11.8 Å². The Morgan fingerprint density at radius 2 is 2.19 bits per heavy atom. The van der Waals surface area contributed by atoms with Crippen LogP contribution in [0.5, 0.6) is 0 Å². The van der Waals surface area contributed by atoms with Gasteiger partial charge in [-0.2, -0.15) is 5.26 Å². The molecule has 26 heavy (non-hydrogen) atoms. The predicted molar refractivity (Wildman–Crippen MR) is 104 cm³/mol. The number of aromatic nitrogens is 2. The number of anilines is 1. The molecule has 0 aliphatic rings. The van der Waals surface area contributed by atoms with E-state index in [2.05, 4.69) is 16.4 Å². The Kier molecular flexibility index (Phi) is 5.61. The highest BCUT2D eigenvalue weighted by molar-refractivity contribution is 7.99. The van der Waals surface area contributed by atoms with Gasteiger partial charge in [-0.05, 0) is 42.8 Å². The maximum atomic E-state index is 12.2. The second-order valence-electron chi connectivity index (χ2n) is 5.56. The molecule has 0 spiro atoms. The molecule has 1 amide bonds. The lowest BCUT2D eigenvalue weighted by Crippen LogP contribution is -2.14. The molecule has 130 valence electrons. The molecule has 0 aliphatic carbocycles. The van der Waals surface area contributed by atoms with Gasteiger partial charge in [-0.1, -0.05) is 35.5 Å². The summed E-state index contributed by atoms with van der Waals surface area (Å²) in [7, 11) is 0. The van der Waals surface area contributed by atoms with E-state index in [4.69, 9.17) is 16.9 Å². The van der Waals surface area contributed by atoms with Crippen LogP contribution in [-0.4, -0.2) is 21.2 Å². The van der Waals surface area contributed by atoms with Crippen molar-refractivity contribution >= 4 is 35.0 Å². The van der Waals surface area contributed by atoms with E-state index in [1.54, 1.807) is 24.4 Å². The molecule has 0 saturated carbocycles. The maximum Gasteiger partial charge on any atom is 0.234 e. The topological polar surface area (TPSA) is 70.7 Å². The number of nitrogens with zero attached hydrogens (tertiary/aromatic N) is 3. The zero-order chi connectivity index (χ0) is 18.5. The smallest absolute Gasteiger partial charge is 0.234 e. The Bertz CT molecular complexity index is 993. The van der Waals surface area contributed by atoms with Gasteiger partial charge in [-0.25, -0.2) is 4.98 Å². The number of carbonyl (C=O) groups excluding carboxylic acids is 1. The highest BCUT2D eigenvalue weighted by atomic mass is 35.5. The van der Waals surface area contributed by atoms with Crippen molar-refractivity contribution in [3.63, 3.8) is 0 Å². The van der Waals surface area contributed by atoms with E-state index in [1.807, 2.05) is 42.0 Å². The quantitative estimate of drug-likeness (QED) is 0.662. The van der Waals surface area contributed by atoms with E-state index < -0.39 is 0 Å². The first-order valence-corrected chi connectivity index (χ1v) is 9.16. The number of nitrogens with one attached hydrogen (secondary N) is 1. The summed E-state index contributed by atoms with van der Waals surface area (Å²) in [6.45, 7) is 2.03. The highest BCUT2D eigenvalue weighted by Gasteiger charge is 2.10. The minimum atomic E-state index is -0.172. The Labute approximate surface area is 160 Å².